The van der Waals surface area contributed by atoms with Crippen LogP contribution in [0, 0.1) is 0 Å². The van der Waals surface area contributed by atoms with E-state index in [1.165, 1.54) is 24.8 Å². The van der Waals surface area contributed by atoms with Crippen LogP contribution in [0.25, 0.3) is 0 Å². The lowest BCUT2D eigenvalue weighted by Crippen LogP contribution is -2.24. The molecule has 0 amide bonds. The van der Waals surface area contributed by atoms with Gasteiger partial charge in [0.2, 0.25) is 0 Å². The summed E-state index contributed by atoms with van der Waals surface area (Å²) in [6.07, 6.45) is 10.3. The second-order valence-corrected chi connectivity index (χ2v) is 3.16. The van der Waals surface area contributed by atoms with E-state index in [-0.39, 0.29) is 0 Å². The van der Waals surface area contributed by atoms with Gasteiger partial charge in [0.1, 0.15) is 0 Å². The van der Waals surface area contributed by atoms with Crippen molar-refractivity contribution in [1.82, 2.24) is 5.32 Å². The van der Waals surface area contributed by atoms with Gasteiger partial charge in [-0.05, 0) is 25.6 Å². The number of hydrogen-bond donors (Lipinski definition) is 1. The van der Waals surface area contributed by atoms with E-state index in [2.05, 4.69) is 37.5 Å². The van der Waals surface area contributed by atoms with Crippen LogP contribution in [0.5, 0.6) is 0 Å². The van der Waals surface area contributed by atoms with Gasteiger partial charge in [0, 0.05) is 6.04 Å². The normalized spacial score (nSPS) is 22.7. The molecule has 1 heterocycles. The highest BCUT2D eigenvalue weighted by Crippen LogP contribution is 2.09. The fourth-order valence-corrected chi connectivity index (χ4v) is 1.31. The fraction of sp³-hybridized carbons (Fsp3) is 0.600. The van der Waals surface area contributed by atoms with Crippen molar-refractivity contribution < 1.29 is 0 Å². The van der Waals surface area contributed by atoms with Gasteiger partial charge in [-0.2, -0.15) is 0 Å². The Kier molecular flexibility index (Phi) is 3.21. The van der Waals surface area contributed by atoms with Crippen LogP contribution in [0.15, 0.2) is 23.9 Å². The predicted octanol–water partition coefficient (Wildman–Crippen LogP) is 2.61. The Hall–Kier alpha value is -0.720. The monoisotopic (exact) mass is 151 g/mol. The van der Waals surface area contributed by atoms with Crippen molar-refractivity contribution in [2.45, 2.75) is 39.2 Å². The highest BCUT2D eigenvalue weighted by atomic mass is 14.9. The SMILES string of the molecule is CCCC[C@H]1C=C(C)C=CN1. The Labute approximate surface area is 69.2 Å². The number of dihydropyridines is 1. The molecule has 1 aliphatic heterocycles. The van der Waals surface area contributed by atoms with Crippen molar-refractivity contribution >= 4 is 0 Å². The lowest BCUT2D eigenvalue weighted by Gasteiger charge is -2.16. The number of rotatable bonds is 3. The van der Waals surface area contributed by atoms with Crippen LogP contribution >= 0.6 is 0 Å². The van der Waals surface area contributed by atoms with Gasteiger partial charge >= 0.3 is 0 Å². The first-order chi connectivity index (χ1) is 5.33. The van der Waals surface area contributed by atoms with Crippen LogP contribution in [-0.4, -0.2) is 6.04 Å². The van der Waals surface area contributed by atoms with Crippen LogP contribution in [0.1, 0.15) is 33.1 Å². The van der Waals surface area contributed by atoms with E-state index >= 15 is 0 Å². The van der Waals surface area contributed by atoms with Crippen LogP contribution < -0.4 is 5.32 Å². The van der Waals surface area contributed by atoms with Crippen molar-refractivity contribution in [1.29, 1.82) is 0 Å². The first kappa shape index (κ1) is 8.38. The lowest BCUT2D eigenvalue weighted by molar-refractivity contribution is 0.590. The average molecular weight is 151 g/mol. The molecule has 0 aromatic heterocycles. The van der Waals surface area contributed by atoms with Crippen LogP contribution in [0.4, 0.5) is 0 Å². The molecule has 0 aromatic carbocycles. The topological polar surface area (TPSA) is 12.0 Å². The number of unbranched alkanes of at least 4 members (excludes halogenated alkanes) is 1. The fourth-order valence-electron chi connectivity index (χ4n) is 1.31. The summed E-state index contributed by atoms with van der Waals surface area (Å²) in [5.74, 6) is 0. The standard InChI is InChI=1S/C10H17N/c1-3-4-5-10-8-9(2)6-7-11-10/h6-8,10-11H,3-5H2,1-2H3/t10-/m0/s1. The molecule has 0 saturated carbocycles. The second-order valence-electron chi connectivity index (χ2n) is 3.16. The van der Waals surface area contributed by atoms with Gasteiger partial charge in [0.05, 0.1) is 0 Å². The van der Waals surface area contributed by atoms with E-state index in [1.807, 2.05) is 0 Å². The van der Waals surface area contributed by atoms with Gasteiger partial charge in [-0.25, -0.2) is 0 Å². The highest BCUT2D eigenvalue weighted by Gasteiger charge is 2.04. The predicted molar refractivity (Wildman–Crippen MR) is 49.3 cm³/mol. The molecule has 0 bridgehead atoms. The number of allylic oxidation sites excluding steroid dienone is 2. The summed E-state index contributed by atoms with van der Waals surface area (Å²) < 4.78 is 0. The van der Waals surface area contributed by atoms with Gasteiger partial charge in [0.15, 0.2) is 0 Å². The van der Waals surface area contributed by atoms with Gasteiger partial charge in [-0.15, -0.1) is 0 Å². The first-order valence-electron chi connectivity index (χ1n) is 4.44. The van der Waals surface area contributed by atoms with Crippen molar-refractivity contribution in [3.8, 4) is 0 Å². The van der Waals surface area contributed by atoms with E-state index in [9.17, 15) is 0 Å². The molecule has 1 N–H and O–H groups in total. The molecule has 0 aromatic rings. The van der Waals surface area contributed by atoms with Gasteiger partial charge in [-0.3, -0.25) is 0 Å². The van der Waals surface area contributed by atoms with E-state index in [4.69, 9.17) is 0 Å². The van der Waals surface area contributed by atoms with Crippen molar-refractivity contribution in [2.75, 3.05) is 0 Å². The van der Waals surface area contributed by atoms with E-state index in [0.29, 0.717) is 6.04 Å². The Morgan fingerprint density at radius 2 is 2.36 bits per heavy atom. The van der Waals surface area contributed by atoms with E-state index in [0.717, 1.165) is 0 Å². The third-order valence-electron chi connectivity index (χ3n) is 1.99. The largest absolute Gasteiger partial charge is 0.385 e. The molecule has 1 aliphatic rings. The zero-order valence-corrected chi connectivity index (χ0v) is 7.43. The maximum absolute atomic E-state index is 3.33. The highest BCUT2D eigenvalue weighted by molar-refractivity contribution is 5.22. The summed E-state index contributed by atoms with van der Waals surface area (Å²) in [6, 6.07) is 0.583. The molecule has 1 rings (SSSR count). The summed E-state index contributed by atoms with van der Waals surface area (Å²) in [4.78, 5) is 0. The number of hydrogen-bond acceptors (Lipinski definition) is 1. The molecule has 62 valence electrons. The maximum Gasteiger partial charge on any atom is 0.0444 e. The Morgan fingerprint density at radius 1 is 1.55 bits per heavy atom. The summed E-state index contributed by atoms with van der Waals surface area (Å²) in [7, 11) is 0. The van der Waals surface area contributed by atoms with Crippen LogP contribution in [0.2, 0.25) is 0 Å². The van der Waals surface area contributed by atoms with E-state index < -0.39 is 0 Å². The summed E-state index contributed by atoms with van der Waals surface area (Å²) >= 11 is 0. The van der Waals surface area contributed by atoms with Crippen LogP contribution in [-0.2, 0) is 0 Å². The molecule has 0 unspecified atom stereocenters. The summed E-state index contributed by atoms with van der Waals surface area (Å²) in [6.45, 7) is 4.38. The molecule has 0 saturated heterocycles. The van der Waals surface area contributed by atoms with Crippen LogP contribution in [0.3, 0.4) is 0 Å². The lowest BCUT2D eigenvalue weighted by atomic mass is 10.1. The molecule has 1 atom stereocenters. The molecule has 1 heteroatoms. The van der Waals surface area contributed by atoms with Gasteiger partial charge < -0.3 is 5.32 Å². The third-order valence-corrected chi connectivity index (χ3v) is 1.99. The van der Waals surface area contributed by atoms with Crippen molar-refractivity contribution in [2.24, 2.45) is 0 Å². The first-order valence-corrected chi connectivity index (χ1v) is 4.44. The minimum Gasteiger partial charge on any atom is -0.385 e. The maximum atomic E-state index is 3.33. The Bertz CT molecular complexity index is 168. The van der Waals surface area contributed by atoms with E-state index in [1.54, 1.807) is 0 Å². The molecule has 11 heavy (non-hydrogen) atoms. The quantitative estimate of drug-likeness (QED) is 0.653. The van der Waals surface area contributed by atoms with Crippen molar-refractivity contribution in [3.05, 3.63) is 23.9 Å². The zero-order chi connectivity index (χ0) is 8.10. The minimum atomic E-state index is 0.583. The molecule has 0 fully saturated rings. The molecule has 0 spiro atoms. The second kappa shape index (κ2) is 4.22. The molecular weight excluding hydrogens is 134 g/mol. The number of nitrogens with one attached hydrogen (secondary N) is 1. The van der Waals surface area contributed by atoms with Gasteiger partial charge in [0.25, 0.3) is 0 Å². The van der Waals surface area contributed by atoms with Crippen molar-refractivity contribution in [3.63, 3.8) is 0 Å². The molecule has 1 nitrogen and oxygen atoms in total. The summed E-state index contributed by atoms with van der Waals surface area (Å²) in [5, 5.41) is 3.33. The third kappa shape index (κ3) is 2.79. The van der Waals surface area contributed by atoms with Gasteiger partial charge in [-0.1, -0.05) is 31.4 Å². The summed E-state index contributed by atoms with van der Waals surface area (Å²) in [5.41, 5.74) is 1.38. The molecular formula is C10H17N. The Balaban J connectivity index is 2.31. The zero-order valence-electron chi connectivity index (χ0n) is 7.43. The smallest absolute Gasteiger partial charge is 0.0444 e. The molecule has 0 radical (unpaired) electrons. The molecule has 0 aliphatic carbocycles. The average Bonchev–Trinajstić information content (AvgIpc) is 2.01. The Morgan fingerprint density at radius 3 is 3.00 bits per heavy atom. The minimum absolute atomic E-state index is 0.583.